The van der Waals surface area contributed by atoms with Gasteiger partial charge in [0.1, 0.15) is 5.69 Å². The molecule has 1 aromatic carbocycles. The zero-order valence-corrected chi connectivity index (χ0v) is 11.5. The van der Waals surface area contributed by atoms with Crippen molar-refractivity contribution in [1.82, 2.24) is 4.90 Å². The summed E-state index contributed by atoms with van der Waals surface area (Å²) >= 11 is 0. The Kier molecular flexibility index (Phi) is 4.92. The van der Waals surface area contributed by atoms with E-state index in [0.717, 1.165) is 37.8 Å². The molecule has 6 nitrogen and oxygen atoms in total. The molecule has 0 amide bonds. The van der Waals surface area contributed by atoms with Crippen LogP contribution in [0.5, 0.6) is 0 Å². The van der Waals surface area contributed by atoms with E-state index in [1.165, 1.54) is 6.07 Å². The van der Waals surface area contributed by atoms with E-state index in [4.69, 9.17) is 5.73 Å². The van der Waals surface area contributed by atoms with Gasteiger partial charge in [0.15, 0.2) is 0 Å². The smallest absolute Gasteiger partial charge is 0.292 e. The Balaban J connectivity index is 2.19. The molecule has 1 aliphatic rings. The van der Waals surface area contributed by atoms with Crippen LogP contribution in [0.15, 0.2) is 18.2 Å². The number of aliphatic hydroxyl groups is 1. The zero-order chi connectivity index (χ0) is 14.5. The average Bonchev–Trinajstić information content (AvgIpc) is 2.65. The lowest BCUT2D eigenvalue weighted by molar-refractivity contribution is -0.384. The minimum absolute atomic E-state index is 0.0436. The van der Waals surface area contributed by atoms with Crippen molar-refractivity contribution in [2.75, 3.05) is 18.9 Å². The molecule has 1 fully saturated rings. The highest BCUT2D eigenvalue weighted by Gasteiger charge is 2.22. The van der Waals surface area contributed by atoms with Crippen LogP contribution in [0, 0.1) is 10.1 Å². The van der Waals surface area contributed by atoms with Gasteiger partial charge in [0.05, 0.1) is 11.5 Å². The lowest BCUT2D eigenvalue weighted by Crippen LogP contribution is -2.37. The highest BCUT2D eigenvalue weighted by atomic mass is 16.6. The van der Waals surface area contributed by atoms with Crippen molar-refractivity contribution in [2.24, 2.45) is 0 Å². The number of nitro benzene ring substituents is 1. The quantitative estimate of drug-likeness (QED) is 0.499. The van der Waals surface area contributed by atoms with Crippen LogP contribution >= 0.6 is 0 Å². The first-order valence-electron chi connectivity index (χ1n) is 7.00. The second kappa shape index (κ2) is 6.67. The first-order chi connectivity index (χ1) is 9.63. The van der Waals surface area contributed by atoms with E-state index >= 15 is 0 Å². The molecule has 0 radical (unpaired) electrons. The highest BCUT2D eigenvalue weighted by Crippen LogP contribution is 2.27. The number of para-hydroxylation sites is 1. The van der Waals surface area contributed by atoms with Crippen molar-refractivity contribution in [3.8, 4) is 0 Å². The maximum atomic E-state index is 10.9. The number of nitro groups is 1. The van der Waals surface area contributed by atoms with Gasteiger partial charge in [0.25, 0.3) is 5.69 Å². The van der Waals surface area contributed by atoms with Crippen LogP contribution < -0.4 is 5.73 Å². The lowest BCUT2D eigenvalue weighted by Gasteiger charge is -2.28. The standard InChI is InChI=1S/C14H21N3O3/c15-14-11(5-4-7-13(14)17(19)20)9-16-8-3-1-2-6-12(16)10-18/h4-5,7,12,18H,1-3,6,8-10,15H2. The first kappa shape index (κ1) is 14.7. The molecule has 0 aliphatic carbocycles. The second-order valence-electron chi connectivity index (χ2n) is 5.26. The number of benzene rings is 1. The summed E-state index contributed by atoms with van der Waals surface area (Å²) in [5.74, 6) is 0. The second-order valence-corrected chi connectivity index (χ2v) is 5.26. The monoisotopic (exact) mass is 279 g/mol. The molecule has 1 saturated heterocycles. The molecule has 2 rings (SSSR count). The summed E-state index contributed by atoms with van der Waals surface area (Å²) in [6.45, 7) is 1.57. The maximum absolute atomic E-state index is 10.9. The van der Waals surface area contributed by atoms with Gasteiger partial charge in [-0.15, -0.1) is 0 Å². The fourth-order valence-corrected chi connectivity index (χ4v) is 2.77. The number of hydrogen-bond donors (Lipinski definition) is 2. The molecular formula is C14H21N3O3. The highest BCUT2D eigenvalue weighted by molar-refractivity contribution is 5.62. The topological polar surface area (TPSA) is 92.6 Å². The molecule has 0 bridgehead atoms. The normalized spacial score (nSPS) is 20.6. The van der Waals surface area contributed by atoms with E-state index in [-0.39, 0.29) is 24.0 Å². The summed E-state index contributed by atoms with van der Waals surface area (Å²) in [7, 11) is 0. The minimum atomic E-state index is -0.454. The van der Waals surface area contributed by atoms with Gasteiger partial charge in [-0.1, -0.05) is 25.0 Å². The van der Waals surface area contributed by atoms with Crippen LogP contribution in [0.3, 0.4) is 0 Å². The molecule has 1 heterocycles. The van der Waals surface area contributed by atoms with Crippen LogP contribution in [-0.2, 0) is 6.54 Å². The zero-order valence-electron chi connectivity index (χ0n) is 11.5. The van der Waals surface area contributed by atoms with Gasteiger partial charge < -0.3 is 10.8 Å². The van der Waals surface area contributed by atoms with Gasteiger partial charge in [0.2, 0.25) is 0 Å². The molecule has 6 heteroatoms. The fraction of sp³-hybridized carbons (Fsp3) is 0.571. The van der Waals surface area contributed by atoms with Gasteiger partial charge in [-0.25, -0.2) is 0 Å². The fourth-order valence-electron chi connectivity index (χ4n) is 2.77. The van der Waals surface area contributed by atoms with E-state index in [0.29, 0.717) is 6.54 Å². The maximum Gasteiger partial charge on any atom is 0.292 e. The number of nitrogen functional groups attached to an aromatic ring is 1. The molecule has 20 heavy (non-hydrogen) atoms. The van der Waals surface area contributed by atoms with E-state index in [2.05, 4.69) is 4.90 Å². The van der Waals surface area contributed by atoms with E-state index in [9.17, 15) is 15.2 Å². The summed E-state index contributed by atoms with van der Waals surface area (Å²) in [5, 5.41) is 20.4. The Morgan fingerprint density at radius 2 is 2.20 bits per heavy atom. The number of hydrogen-bond acceptors (Lipinski definition) is 5. The van der Waals surface area contributed by atoms with Crippen molar-refractivity contribution < 1.29 is 10.0 Å². The Bertz CT molecular complexity index is 479. The first-order valence-corrected chi connectivity index (χ1v) is 7.00. The molecule has 1 aromatic rings. The Hall–Kier alpha value is -1.66. The van der Waals surface area contributed by atoms with Crippen molar-refractivity contribution in [1.29, 1.82) is 0 Å². The Labute approximate surface area is 118 Å². The van der Waals surface area contributed by atoms with Gasteiger partial charge in [-0.2, -0.15) is 0 Å². The molecule has 1 unspecified atom stereocenters. The van der Waals surface area contributed by atoms with Crippen molar-refractivity contribution in [2.45, 2.75) is 38.3 Å². The Morgan fingerprint density at radius 3 is 2.90 bits per heavy atom. The number of nitrogens with two attached hydrogens (primary N) is 1. The van der Waals surface area contributed by atoms with Crippen LogP contribution in [0.25, 0.3) is 0 Å². The van der Waals surface area contributed by atoms with Crippen LogP contribution in [0.1, 0.15) is 31.2 Å². The van der Waals surface area contributed by atoms with Crippen LogP contribution in [-0.4, -0.2) is 34.1 Å². The van der Waals surface area contributed by atoms with Gasteiger partial charge in [-0.05, 0) is 24.9 Å². The molecule has 0 saturated carbocycles. The third kappa shape index (κ3) is 3.26. The largest absolute Gasteiger partial charge is 0.395 e. The average molecular weight is 279 g/mol. The van der Waals surface area contributed by atoms with Gasteiger partial charge >= 0.3 is 0 Å². The predicted octanol–water partition coefficient (Wildman–Crippen LogP) is 1.91. The van der Waals surface area contributed by atoms with Crippen LogP contribution in [0.4, 0.5) is 11.4 Å². The third-order valence-electron chi connectivity index (χ3n) is 3.95. The lowest BCUT2D eigenvalue weighted by atomic mass is 10.1. The SMILES string of the molecule is Nc1c(CN2CCCCCC2CO)cccc1[N+](=O)[O-]. The summed E-state index contributed by atoms with van der Waals surface area (Å²) in [6.07, 6.45) is 4.33. The summed E-state index contributed by atoms with van der Waals surface area (Å²) in [4.78, 5) is 12.6. The third-order valence-corrected chi connectivity index (χ3v) is 3.95. The predicted molar refractivity (Wildman–Crippen MR) is 77.3 cm³/mol. The van der Waals surface area contributed by atoms with Crippen molar-refractivity contribution in [3.05, 3.63) is 33.9 Å². The molecule has 110 valence electrons. The van der Waals surface area contributed by atoms with E-state index in [1.807, 2.05) is 6.07 Å². The molecule has 1 aliphatic heterocycles. The molecule has 0 spiro atoms. The summed E-state index contributed by atoms with van der Waals surface area (Å²) < 4.78 is 0. The van der Waals surface area contributed by atoms with Gasteiger partial charge in [-0.3, -0.25) is 15.0 Å². The summed E-state index contributed by atoms with van der Waals surface area (Å²) in [5.41, 5.74) is 6.85. The van der Waals surface area contributed by atoms with E-state index in [1.54, 1.807) is 6.07 Å². The number of nitrogens with zero attached hydrogens (tertiary/aromatic N) is 2. The number of likely N-dealkylation sites (tertiary alicyclic amines) is 1. The van der Waals surface area contributed by atoms with Crippen molar-refractivity contribution in [3.63, 3.8) is 0 Å². The molecular weight excluding hydrogens is 258 g/mol. The molecule has 3 N–H and O–H groups in total. The molecule has 0 aromatic heterocycles. The van der Waals surface area contributed by atoms with Crippen LogP contribution in [0.2, 0.25) is 0 Å². The molecule has 1 atom stereocenters. The number of rotatable bonds is 4. The van der Waals surface area contributed by atoms with E-state index < -0.39 is 4.92 Å². The summed E-state index contributed by atoms with van der Waals surface area (Å²) in [6, 6.07) is 5.03. The minimum Gasteiger partial charge on any atom is -0.395 e. The van der Waals surface area contributed by atoms with Gasteiger partial charge in [0, 0.05) is 18.7 Å². The van der Waals surface area contributed by atoms with Crippen molar-refractivity contribution >= 4 is 11.4 Å². The number of anilines is 1. The number of aliphatic hydroxyl groups excluding tert-OH is 1. The Morgan fingerprint density at radius 1 is 1.40 bits per heavy atom.